The summed E-state index contributed by atoms with van der Waals surface area (Å²) < 4.78 is 1.69. The highest BCUT2D eigenvalue weighted by Crippen LogP contribution is 2.22. The molecule has 0 bridgehead atoms. The number of benzene rings is 1. The fraction of sp³-hybridized carbons (Fsp3) is 0.231. The third kappa shape index (κ3) is 1.97. The zero-order chi connectivity index (χ0) is 13.3. The van der Waals surface area contributed by atoms with Crippen LogP contribution in [0.1, 0.15) is 18.1 Å². The molecule has 1 aromatic heterocycles. The minimum atomic E-state index is -0.329. The fourth-order valence-electron chi connectivity index (χ4n) is 1.92. The Morgan fingerprint density at radius 1 is 1.39 bits per heavy atom. The molecule has 0 aliphatic rings. The molecule has 18 heavy (non-hydrogen) atoms. The minimum absolute atomic E-state index is 0.0828. The Morgan fingerprint density at radius 2 is 2.06 bits per heavy atom. The van der Waals surface area contributed by atoms with Crippen LogP contribution in [-0.4, -0.2) is 14.7 Å². The summed E-state index contributed by atoms with van der Waals surface area (Å²) in [4.78, 5) is 14.3. The largest absolute Gasteiger partial charge is 0.494 e. The van der Waals surface area contributed by atoms with Crippen LogP contribution in [0.15, 0.2) is 29.1 Å². The monoisotopic (exact) mass is 262 g/mol. The van der Waals surface area contributed by atoms with Gasteiger partial charge in [0.05, 0.1) is 11.3 Å². The van der Waals surface area contributed by atoms with Gasteiger partial charge in [-0.15, -0.1) is 0 Å². The molecule has 0 unspecified atom stereocenters. The van der Waals surface area contributed by atoms with E-state index in [0.717, 1.165) is 11.3 Å². The van der Waals surface area contributed by atoms with Gasteiger partial charge in [0.1, 0.15) is 0 Å². The van der Waals surface area contributed by atoms with Crippen LogP contribution in [-0.2, 0) is 6.42 Å². The zero-order valence-electron chi connectivity index (χ0n) is 10.2. The van der Waals surface area contributed by atoms with Crippen LogP contribution in [0.3, 0.4) is 0 Å². The van der Waals surface area contributed by atoms with E-state index < -0.39 is 0 Å². The van der Waals surface area contributed by atoms with Crippen molar-refractivity contribution in [3.05, 3.63) is 50.5 Å². The van der Waals surface area contributed by atoms with Crippen molar-refractivity contribution in [2.45, 2.75) is 20.3 Å². The molecule has 0 fully saturated rings. The highest BCUT2D eigenvalue weighted by molar-refractivity contribution is 7.71. The highest BCUT2D eigenvalue weighted by atomic mass is 32.1. The topological polar surface area (TPSA) is 58.0 Å². The maximum atomic E-state index is 11.7. The first-order chi connectivity index (χ1) is 8.56. The van der Waals surface area contributed by atoms with E-state index in [4.69, 9.17) is 12.2 Å². The van der Waals surface area contributed by atoms with Gasteiger partial charge in [-0.25, -0.2) is 0 Å². The predicted octanol–water partition coefficient (Wildman–Crippen LogP) is 2.47. The molecule has 0 saturated heterocycles. The lowest BCUT2D eigenvalue weighted by Gasteiger charge is -2.13. The summed E-state index contributed by atoms with van der Waals surface area (Å²) in [5.74, 6) is -0.0828. The summed E-state index contributed by atoms with van der Waals surface area (Å²) in [7, 11) is 0. The van der Waals surface area contributed by atoms with Crippen molar-refractivity contribution in [1.29, 1.82) is 0 Å². The number of para-hydroxylation sites is 1. The molecule has 2 aromatic rings. The van der Waals surface area contributed by atoms with E-state index >= 15 is 0 Å². The molecule has 1 aromatic carbocycles. The Morgan fingerprint density at radius 3 is 2.67 bits per heavy atom. The molecule has 0 atom stereocenters. The summed E-state index contributed by atoms with van der Waals surface area (Å²) in [5.41, 5.74) is 1.75. The van der Waals surface area contributed by atoms with Crippen molar-refractivity contribution in [3.63, 3.8) is 0 Å². The first-order valence-electron chi connectivity index (χ1n) is 5.69. The lowest BCUT2D eigenvalue weighted by molar-refractivity contribution is 0.425. The zero-order valence-corrected chi connectivity index (χ0v) is 11.0. The number of nitrogens with one attached hydrogen (secondary N) is 1. The van der Waals surface area contributed by atoms with Gasteiger partial charge in [-0.3, -0.25) is 14.3 Å². The fourth-order valence-corrected chi connectivity index (χ4v) is 2.20. The smallest absolute Gasteiger partial charge is 0.258 e. The van der Waals surface area contributed by atoms with Gasteiger partial charge in [-0.1, -0.05) is 25.1 Å². The van der Waals surface area contributed by atoms with Crippen LogP contribution in [0.4, 0.5) is 0 Å². The molecule has 2 rings (SSSR count). The lowest BCUT2D eigenvalue weighted by atomic mass is 10.2. The average Bonchev–Trinajstić information content (AvgIpc) is 2.31. The molecule has 0 amide bonds. The second kappa shape index (κ2) is 4.78. The van der Waals surface area contributed by atoms with Crippen molar-refractivity contribution >= 4 is 12.2 Å². The molecule has 1 heterocycles. The maximum absolute atomic E-state index is 11.7. The Kier molecular flexibility index (Phi) is 3.34. The van der Waals surface area contributed by atoms with Crippen molar-refractivity contribution in [2.24, 2.45) is 0 Å². The number of hydrogen-bond acceptors (Lipinski definition) is 3. The van der Waals surface area contributed by atoms with Gasteiger partial charge in [0.15, 0.2) is 4.77 Å². The van der Waals surface area contributed by atoms with Gasteiger partial charge in [0.2, 0.25) is 5.88 Å². The minimum Gasteiger partial charge on any atom is -0.494 e. The van der Waals surface area contributed by atoms with E-state index in [1.807, 2.05) is 38.1 Å². The summed E-state index contributed by atoms with van der Waals surface area (Å²) >= 11 is 5.12. The molecular weight excluding hydrogens is 248 g/mol. The SMILES string of the molecule is CCc1c(O)n(-c2ccccc2C)c(=S)[nH]c1=O. The van der Waals surface area contributed by atoms with Crippen LogP contribution < -0.4 is 5.56 Å². The number of H-pyrrole nitrogens is 1. The molecule has 2 N–H and O–H groups in total. The van der Waals surface area contributed by atoms with Crippen molar-refractivity contribution in [1.82, 2.24) is 9.55 Å². The molecule has 0 aliphatic carbocycles. The van der Waals surface area contributed by atoms with E-state index in [-0.39, 0.29) is 16.2 Å². The van der Waals surface area contributed by atoms with Crippen LogP contribution in [0.5, 0.6) is 5.88 Å². The third-order valence-electron chi connectivity index (χ3n) is 2.89. The van der Waals surface area contributed by atoms with E-state index in [1.54, 1.807) is 0 Å². The Bertz CT molecular complexity index is 701. The lowest BCUT2D eigenvalue weighted by Crippen LogP contribution is -2.18. The Balaban J connectivity index is 2.85. The Labute approximate surface area is 110 Å². The summed E-state index contributed by atoms with van der Waals surface area (Å²) in [6.45, 7) is 3.74. The molecule has 4 nitrogen and oxygen atoms in total. The van der Waals surface area contributed by atoms with Crippen molar-refractivity contribution in [3.8, 4) is 11.6 Å². The van der Waals surface area contributed by atoms with Crippen LogP contribution in [0.2, 0.25) is 0 Å². The Hall–Kier alpha value is -1.88. The molecular formula is C13H14N2O2S. The quantitative estimate of drug-likeness (QED) is 0.817. The van der Waals surface area contributed by atoms with Crippen LogP contribution >= 0.6 is 12.2 Å². The van der Waals surface area contributed by atoms with Gasteiger partial charge in [0, 0.05) is 0 Å². The number of nitrogens with zero attached hydrogens (tertiary/aromatic N) is 1. The van der Waals surface area contributed by atoms with Gasteiger partial charge in [0.25, 0.3) is 5.56 Å². The molecule has 0 spiro atoms. The van der Waals surface area contributed by atoms with Gasteiger partial charge >= 0.3 is 0 Å². The molecule has 0 radical (unpaired) electrons. The molecule has 94 valence electrons. The van der Waals surface area contributed by atoms with Crippen LogP contribution in [0.25, 0.3) is 5.69 Å². The standard InChI is InChI=1S/C13H14N2O2S/c1-3-9-11(16)14-13(18)15(12(9)17)10-7-5-4-6-8(10)2/h4-7,17H,3H2,1-2H3,(H,14,16,18). The normalized spacial score (nSPS) is 10.6. The molecule has 0 saturated carbocycles. The van der Waals surface area contributed by atoms with E-state index in [9.17, 15) is 9.90 Å². The summed E-state index contributed by atoms with van der Waals surface area (Å²) in [6, 6.07) is 7.54. The molecule has 5 heteroatoms. The van der Waals surface area contributed by atoms with Crippen LogP contribution in [0, 0.1) is 11.7 Å². The third-order valence-corrected chi connectivity index (χ3v) is 3.17. The first kappa shape index (κ1) is 12.6. The second-order valence-electron chi connectivity index (χ2n) is 4.04. The highest BCUT2D eigenvalue weighted by Gasteiger charge is 2.13. The van der Waals surface area contributed by atoms with Crippen molar-refractivity contribution in [2.75, 3.05) is 0 Å². The first-order valence-corrected chi connectivity index (χ1v) is 6.10. The average molecular weight is 262 g/mol. The molecule has 0 aliphatic heterocycles. The number of aromatic amines is 1. The van der Waals surface area contributed by atoms with Gasteiger partial charge in [-0.05, 0) is 37.2 Å². The van der Waals surface area contributed by atoms with Gasteiger partial charge in [-0.2, -0.15) is 0 Å². The number of rotatable bonds is 2. The summed E-state index contributed by atoms with van der Waals surface area (Å²) in [6.07, 6.45) is 0.447. The number of aromatic hydroxyl groups is 1. The second-order valence-corrected chi connectivity index (χ2v) is 4.42. The van der Waals surface area contributed by atoms with E-state index in [0.29, 0.717) is 12.0 Å². The maximum Gasteiger partial charge on any atom is 0.258 e. The number of aryl methyl sites for hydroxylation is 1. The van der Waals surface area contributed by atoms with E-state index in [1.165, 1.54) is 4.57 Å². The predicted molar refractivity (Wildman–Crippen MR) is 73.0 cm³/mol. The summed E-state index contributed by atoms with van der Waals surface area (Å²) in [5, 5.41) is 10.2. The van der Waals surface area contributed by atoms with E-state index in [2.05, 4.69) is 4.98 Å². The van der Waals surface area contributed by atoms with Crippen molar-refractivity contribution < 1.29 is 5.11 Å². The van der Waals surface area contributed by atoms with Gasteiger partial charge < -0.3 is 5.11 Å². The number of aromatic nitrogens is 2. The number of hydrogen-bond donors (Lipinski definition) is 2.